The van der Waals surface area contributed by atoms with Gasteiger partial charge in [-0.3, -0.25) is 0 Å². The van der Waals surface area contributed by atoms with Gasteiger partial charge in [0.25, 0.3) is 0 Å². The molecule has 0 aliphatic rings. The first-order valence-electron chi connectivity index (χ1n) is 12.3. The van der Waals surface area contributed by atoms with Crippen LogP contribution >= 0.6 is 0 Å². The van der Waals surface area contributed by atoms with E-state index in [1.54, 1.807) is 0 Å². The molecule has 0 heterocycles. The topological polar surface area (TPSA) is 52.6 Å². The maximum absolute atomic E-state index is 12.1. The van der Waals surface area contributed by atoms with Crippen molar-refractivity contribution in [2.75, 3.05) is 0 Å². The number of rotatable bonds is 20. The van der Waals surface area contributed by atoms with E-state index in [-0.39, 0.29) is 11.9 Å². The molecule has 0 rings (SSSR count). The molecule has 0 bridgehead atoms. The Morgan fingerprint density at radius 3 is 1.10 bits per heavy atom. The van der Waals surface area contributed by atoms with Crippen LogP contribution in [0.15, 0.2) is 0 Å². The van der Waals surface area contributed by atoms with E-state index in [0.717, 1.165) is 25.7 Å². The molecule has 172 valence electrons. The van der Waals surface area contributed by atoms with Crippen LogP contribution in [-0.2, 0) is 15.7 Å². The van der Waals surface area contributed by atoms with Gasteiger partial charge in [0.05, 0.1) is 0 Å². The summed E-state index contributed by atoms with van der Waals surface area (Å²) in [5.74, 6) is -0.367. The number of unbranched alkanes of at least 4 members (excludes halogenated alkanes) is 14. The van der Waals surface area contributed by atoms with E-state index >= 15 is 0 Å². The van der Waals surface area contributed by atoms with E-state index in [9.17, 15) is 9.59 Å². The minimum absolute atomic E-state index is 0.184. The molecule has 0 unspecified atom stereocenters. The molecule has 0 aliphatic carbocycles. The fourth-order valence-corrected chi connectivity index (χ4v) is 7.31. The van der Waals surface area contributed by atoms with Crippen molar-refractivity contribution in [2.24, 2.45) is 0 Å². The van der Waals surface area contributed by atoms with Crippen LogP contribution in [0.25, 0.3) is 0 Å². The van der Waals surface area contributed by atoms with Crippen LogP contribution in [0, 0.1) is 0 Å². The van der Waals surface area contributed by atoms with Gasteiger partial charge in [0.15, 0.2) is 0 Å². The number of carbonyl (C=O) groups is 2. The third-order valence-electron chi connectivity index (χ3n) is 5.19. The van der Waals surface area contributed by atoms with Crippen molar-refractivity contribution in [2.45, 2.75) is 139 Å². The summed E-state index contributed by atoms with van der Waals surface area (Å²) in [5.41, 5.74) is 0. The van der Waals surface area contributed by atoms with Crippen molar-refractivity contribution in [3.63, 3.8) is 0 Å². The molecule has 0 aromatic rings. The quantitative estimate of drug-likeness (QED) is 0.122. The van der Waals surface area contributed by atoms with Crippen molar-refractivity contribution in [1.29, 1.82) is 0 Å². The zero-order valence-electron chi connectivity index (χ0n) is 19.9. The second kappa shape index (κ2) is 19.7. The van der Waals surface area contributed by atoms with Crippen LogP contribution in [0.3, 0.4) is 0 Å². The Kier molecular flexibility index (Phi) is 19.5. The van der Waals surface area contributed by atoms with Crippen molar-refractivity contribution < 1.29 is 15.7 Å². The first-order valence-corrected chi connectivity index (χ1v) is 20.4. The van der Waals surface area contributed by atoms with Crippen LogP contribution in [0.5, 0.6) is 0 Å². The van der Waals surface area contributed by atoms with Crippen LogP contribution < -0.4 is 0 Å². The first-order chi connectivity index (χ1) is 13.9. The second-order valence-corrected chi connectivity index (χ2v) is 18.0. The normalized spacial score (nSPS) is 11.4. The molecule has 0 fully saturated rings. The second-order valence-electron chi connectivity index (χ2n) is 8.80. The van der Waals surface area contributed by atoms with E-state index in [0.29, 0.717) is 12.8 Å². The molecular formula is C24H48O4Sn. The van der Waals surface area contributed by atoms with Gasteiger partial charge in [-0.05, 0) is 0 Å². The molecule has 0 amide bonds. The third-order valence-corrected chi connectivity index (χ3v) is 9.29. The minimum atomic E-state index is -3.50. The van der Waals surface area contributed by atoms with Gasteiger partial charge in [-0.25, -0.2) is 0 Å². The molecule has 0 radical (unpaired) electrons. The zero-order valence-corrected chi connectivity index (χ0v) is 22.7. The van der Waals surface area contributed by atoms with Crippen molar-refractivity contribution in [3.05, 3.63) is 0 Å². The molecule has 0 aromatic carbocycles. The van der Waals surface area contributed by atoms with Crippen LogP contribution in [-0.4, -0.2) is 31.1 Å². The summed E-state index contributed by atoms with van der Waals surface area (Å²) in [6.45, 7) is 4.46. The number of hydrogen-bond acceptors (Lipinski definition) is 4. The average molecular weight is 519 g/mol. The van der Waals surface area contributed by atoms with E-state index in [1.807, 2.05) is 9.88 Å². The Bertz CT molecular complexity index is 374. The van der Waals surface area contributed by atoms with E-state index in [1.165, 1.54) is 77.0 Å². The zero-order chi connectivity index (χ0) is 21.8. The van der Waals surface area contributed by atoms with E-state index in [2.05, 4.69) is 13.8 Å². The summed E-state index contributed by atoms with van der Waals surface area (Å²) in [5, 5.41) is 0. The molecule has 0 saturated heterocycles. The fourth-order valence-electron chi connectivity index (χ4n) is 3.48. The van der Waals surface area contributed by atoms with Crippen LogP contribution in [0.1, 0.15) is 129 Å². The van der Waals surface area contributed by atoms with E-state index in [4.69, 9.17) is 6.15 Å². The summed E-state index contributed by atoms with van der Waals surface area (Å²) < 4.78 is 11.2. The molecule has 29 heavy (non-hydrogen) atoms. The predicted molar refractivity (Wildman–Crippen MR) is 124 cm³/mol. The number of carbonyl (C=O) groups excluding carboxylic acids is 2. The Morgan fingerprint density at radius 1 is 0.517 bits per heavy atom. The summed E-state index contributed by atoms with van der Waals surface area (Å²) in [6.07, 6.45) is 20.2. The van der Waals surface area contributed by atoms with Gasteiger partial charge in [0.1, 0.15) is 0 Å². The van der Waals surface area contributed by atoms with Gasteiger partial charge in [-0.1, -0.05) is 0 Å². The summed E-state index contributed by atoms with van der Waals surface area (Å²) in [4.78, 5) is 27.8. The standard InChI is InChI=1S/2C11H22O2.2CH3.Sn/c2*1-2-3-4-5-6-7-8-9-10-11(12)13;;;/h2*2-10H2,1H3,(H,12,13);2*1H3;/q;;;;+2/p-2. The summed E-state index contributed by atoms with van der Waals surface area (Å²) >= 11 is -3.50. The molecule has 4 nitrogen and oxygen atoms in total. The maximum atomic E-state index is 12.1. The van der Waals surface area contributed by atoms with Gasteiger partial charge in [0.2, 0.25) is 0 Å². The molecule has 0 atom stereocenters. The Labute approximate surface area is 185 Å². The Hall–Kier alpha value is -0.261. The summed E-state index contributed by atoms with van der Waals surface area (Å²) in [6, 6.07) is 0. The third kappa shape index (κ3) is 20.8. The number of hydrogen-bond donors (Lipinski definition) is 0. The summed E-state index contributed by atoms with van der Waals surface area (Å²) in [7, 11) is 0. The Balaban J connectivity index is 3.70. The van der Waals surface area contributed by atoms with Gasteiger partial charge >= 0.3 is 186 Å². The fraction of sp³-hybridized carbons (Fsp3) is 0.917. The molecule has 0 aromatic heterocycles. The molecule has 0 spiro atoms. The van der Waals surface area contributed by atoms with Gasteiger partial charge in [-0.2, -0.15) is 0 Å². The molecular weight excluding hydrogens is 471 g/mol. The van der Waals surface area contributed by atoms with Gasteiger partial charge in [-0.15, -0.1) is 0 Å². The molecule has 5 heteroatoms. The van der Waals surface area contributed by atoms with Crippen molar-refractivity contribution >= 4 is 31.1 Å². The predicted octanol–water partition coefficient (Wildman–Crippen LogP) is 7.84. The van der Waals surface area contributed by atoms with Crippen molar-refractivity contribution in [3.8, 4) is 0 Å². The molecule has 0 saturated carbocycles. The van der Waals surface area contributed by atoms with Crippen LogP contribution in [0.4, 0.5) is 0 Å². The SMILES string of the molecule is CCCCCCCCCCC(=O)[O][Sn]([CH3])([CH3])[O]C(=O)CCCCCCCCCC. The van der Waals surface area contributed by atoms with Crippen LogP contribution in [0.2, 0.25) is 9.88 Å². The average Bonchev–Trinajstić information content (AvgIpc) is 2.65. The monoisotopic (exact) mass is 520 g/mol. The Morgan fingerprint density at radius 2 is 0.793 bits per heavy atom. The molecule has 0 N–H and O–H groups in total. The van der Waals surface area contributed by atoms with E-state index < -0.39 is 19.2 Å². The first kappa shape index (κ1) is 28.7. The van der Waals surface area contributed by atoms with Gasteiger partial charge in [0, 0.05) is 0 Å². The van der Waals surface area contributed by atoms with Gasteiger partial charge < -0.3 is 0 Å². The molecule has 0 aliphatic heterocycles. The van der Waals surface area contributed by atoms with Crippen molar-refractivity contribution in [1.82, 2.24) is 0 Å².